The first-order valence-electron chi connectivity index (χ1n) is 5.31. The van der Waals surface area contributed by atoms with E-state index >= 15 is 0 Å². The summed E-state index contributed by atoms with van der Waals surface area (Å²) in [6.45, 7) is 2.48. The lowest BCUT2D eigenvalue weighted by atomic mass is 9.62. The summed E-state index contributed by atoms with van der Waals surface area (Å²) >= 11 is 0. The van der Waals surface area contributed by atoms with Crippen molar-refractivity contribution >= 4 is 11.9 Å². The minimum atomic E-state index is -0.432. The highest BCUT2D eigenvalue weighted by Gasteiger charge is 2.47. The molecule has 0 aliphatic heterocycles. The van der Waals surface area contributed by atoms with Crippen molar-refractivity contribution in [1.82, 2.24) is 15.2 Å². The molecule has 1 aromatic rings. The topological polar surface area (TPSA) is 93.8 Å². The normalized spacial score (nSPS) is 28.2. The van der Waals surface area contributed by atoms with Gasteiger partial charge in [-0.3, -0.25) is 10.1 Å². The maximum absolute atomic E-state index is 12.0. The van der Waals surface area contributed by atoms with E-state index in [9.17, 15) is 4.79 Å². The van der Waals surface area contributed by atoms with E-state index in [0.29, 0.717) is 12.5 Å². The molecule has 86 valence electrons. The Bertz CT molecular complexity index is 374. The van der Waals surface area contributed by atoms with Crippen LogP contribution in [-0.4, -0.2) is 27.6 Å². The quantitative estimate of drug-likeness (QED) is 0.759. The van der Waals surface area contributed by atoms with Gasteiger partial charge in [-0.2, -0.15) is 5.10 Å². The Morgan fingerprint density at radius 2 is 2.38 bits per heavy atom. The maximum Gasteiger partial charge on any atom is 0.249 e. The molecule has 6 heteroatoms. The van der Waals surface area contributed by atoms with E-state index in [0.717, 1.165) is 12.8 Å². The molecule has 1 amide bonds. The first-order valence-corrected chi connectivity index (χ1v) is 5.31. The van der Waals surface area contributed by atoms with Gasteiger partial charge in [0.25, 0.3) is 0 Å². The van der Waals surface area contributed by atoms with Crippen molar-refractivity contribution in [1.29, 1.82) is 0 Å². The van der Waals surface area contributed by atoms with Crippen LogP contribution in [0.5, 0.6) is 0 Å². The number of nitrogens with one attached hydrogen (secondary N) is 1. The van der Waals surface area contributed by atoms with Gasteiger partial charge in [0.1, 0.15) is 0 Å². The minimum absolute atomic E-state index is 0.0962. The second kappa shape index (κ2) is 4.13. The summed E-state index contributed by atoms with van der Waals surface area (Å²) in [5.41, 5.74) is 5.24. The molecule has 1 aliphatic rings. The molecule has 0 saturated heterocycles. The van der Waals surface area contributed by atoms with E-state index in [4.69, 9.17) is 5.73 Å². The predicted molar refractivity (Wildman–Crippen MR) is 58.3 cm³/mol. The number of carbonyl (C=O) groups is 1. The summed E-state index contributed by atoms with van der Waals surface area (Å²) in [7, 11) is 0. The van der Waals surface area contributed by atoms with Gasteiger partial charge in [-0.05, 0) is 18.8 Å². The third-order valence-electron chi connectivity index (χ3n) is 3.06. The van der Waals surface area contributed by atoms with E-state index in [2.05, 4.69) is 27.4 Å². The number of nitrogens with two attached hydrogens (primary N) is 1. The van der Waals surface area contributed by atoms with Crippen molar-refractivity contribution in [2.24, 2.45) is 17.1 Å². The van der Waals surface area contributed by atoms with Gasteiger partial charge in [-0.1, -0.05) is 6.92 Å². The van der Waals surface area contributed by atoms with Crippen LogP contribution >= 0.6 is 0 Å². The van der Waals surface area contributed by atoms with Crippen LogP contribution in [0.25, 0.3) is 0 Å². The molecule has 1 saturated carbocycles. The number of anilines is 1. The second-order valence-corrected chi connectivity index (χ2v) is 4.42. The van der Waals surface area contributed by atoms with Gasteiger partial charge < -0.3 is 5.73 Å². The van der Waals surface area contributed by atoms with Crippen molar-refractivity contribution in [3.05, 3.63) is 12.4 Å². The molecule has 1 fully saturated rings. The first kappa shape index (κ1) is 10.9. The van der Waals surface area contributed by atoms with Crippen molar-refractivity contribution < 1.29 is 4.79 Å². The zero-order valence-corrected chi connectivity index (χ0v) is 9.18. The van der Waals surface area contributed by atoms with E-state index < -0.39 is 5.41 Å². The smallest absolute Gasteiger partial charge is 0.249 e. The number of aromatic nitrogens is 3. The standard InChI is InChI=1S/C10H15N5O/c1-7-4-10(5-7,6-11)8(16)14-9-12-2-3-13-15-9/h2-3,7H,4-6,11H2,1H3,(H,12,14,15,16). The fourth-order valence-electron chi connectivity index (χ4n) is 2.26. The number of carbonyl (C=O) groups excluding carboxylic acids is 1. The van der Waals surface area contributed by atoms with Crippen molar-refractivity contribution in [2.45, 2.75) is 19.8 Å². The van der Waals surface area contributed by atoms with E-state index in [1.165, 1.54) is 12.4 Å². The largest absolute Gasteiger partial charge is 0.329 e. The number of amides is 1. The van der Waals surface area contributed by atoms with Crippen LogP contribution < -0.4 is 11.1 Å². The molecule has 0 atom stereocenters. The summed E-state index contributed by atoms with van der Waals surface area (Å²) in [5.74, 6) is 0.699. The van der Waals surface area contributed by atoms with Crippen LogP contribution in [0.4, 0.5) is 5.95 Å². The summed E-state index contributed by atoms with van der Waals surface area (Å²) < 4.78 is 0. The number of nitrogens with zero attached hydrogens (tertiary/aromatic N) is 3. The summed E-state index contributed by atoms with van der Waals surface area (Å²) in [6, 6.07) is 0. The molecule has 2 rings (SSSR count). The first-order chi connectivity index (χ1) is 7.66. The van der Waals surface area contributed by atoms with Crippen LogP contribution in [0.2, 0.25) is 0 Å². The highest BCUT2D eigenvalue weighted by Crippen LogP contribution is 2.45. The average molecular weight is 221 g/mol. The Hall–Kier alpha value is -1.56. The Balaban J connectivity index is 2.03. The van der Waals surface area contributed by atoms with E-state index in [1.807, 2.05) is 0 Å². The Labute approximate surface area is 93.7 Å². The molecule has 0 aromatic carbocycles. The Morgan fingerprint density at radius 1 is 1.62 bits per heavy atom. The van der Waals surface area contributed by atoms with Gasteiger partial charge >= 0.3 is 0 Å². The van der Waals surface area contributed by atoms with Crippen LogP contribution in [-0.2, 0) is 4.79 Å². The van der Waals surface area contributed by atoms with Gasteiger partial charge in [0, 0.05) is 6.54 Å². The SMILES string of the molecule is CC1CC(CN)(C(=O)Nc2nccnn2)C1. The van der Waals surface area contributed by atoms with Gasteiger partial charge in [0.2, 0.25) is 11.9 Å². The molecule has 1 heterocycles. The number of hydrogen-bond donors (Lipinski definition) is 2. The number of hydrogen-bond acceptors (Lipinski definition) is 5. The molecule has 0 unspecified atom stereocenters. The lowest BCUT2D eigenvalue weighted by Gasteiger charge is -2.43. The zero-order chi connectivity index (χ0) is 11.6. The molecule has 0 spiro atoms. The highest BCUT2D eigenvalue weighted by atomic mass is 16.2. The lowest BCUT2D eigenvalue weighted by molar-refractivity contribution is -0.132. The van der Waals surface area contributed by atoms with Gasteiger partial charge in [-0.15, -0.1) is 5.10 Å². The maximum atomic E-state index is 12.0. The van der Waals surface area contributed by atoms with Crippen molar-refractivity contribution in [3.63, 3.8) is 0 Å². The monoisotopic (exact) mass is 221 g/mol. The van der Waals surface area contributed by atoms with Crippen LogP contribution in [0.3, 0.4) is 0 Å². The van der Waals surface area contributed by atoms with Gasteiger partial charge in [-0.25, -0.2) is 4.98 Å². The third-order valence-corrected chi connectivity index (χ3v) is 3.06. The summed E-state index contributed by atoms with van der Waals surface area (Å²) in [4.78, 5) is 15.9. The fraction of sp³-hybridized carbons (Fsp3) is 0.600. The Kier molecular flexibility index (Phi) is 2.82. The molecule has 6 nitrogen and oxygen atoms in total. The molecular weight excluding hydrogens is 206 g/mol. The highest BCUT2D eigenvalue weighted by molar-refractivity contribution is 5.94. The average Bonchev–Trinajstić information content (AvgIpc) is 2.25. The summed E-state index contributed by atoms with van der Waals surface area (Å²) in [6.07, 6.45) is 4.60. The Morgan fingerprint density at radius 3 is 2.88 bits per heavy atom. The molecule has 1 aromatic heterocycles. The molecule has 3 N–H and O–H groups in total. The zero-order valence-electron chi connectivity index (χ0n) is 9.18. The summed E-state index contributed by atoms with van der Waals surface area (Å²) in [5, 5.41) is 10.0. The van der Waals surface area contributed by atoms with E-state index in [1.54, 1.807) is 0 Å². The van der Waals surface area contributed by atoms with Crippen LogP contribution in [0, 0.1) is 11.3 Å². The molecule has 0 radical (unpaired) electrons. The van der Waals surface area contributed by atoms with Gasteiger partial charge in [0.05, 0.1) is 17.8 Å². The minimum Gasteiger partial charge on any atom is -0.329 e. The van der Waals surface area contributed by atoms with Crippen LogP contribution in [0.1, 0.15) is 19.8 Å². The van der Waals surface area contributed by atoms with Gasteiger partial charge in [0.15, 0.2) is 0 Å². The van der Waals surface area contributed by atoms with Crippen LogP contribution in [0.15, 0.2) is 12.4 Å². The number of rotatable bonds is 3. The van der Waals surface area contributed by atoms with E-state index in [-0.39, 0.29) is 11.9 Å². The molecular formula is C10H15N5O. The molecule has 16 heavy (non-hydrogen) atoms. The second-order valence-electron chi connectivity index (χ2n) is 4.42. The van der Waals surface area contributed by atoms with Crippen molar-refractivity contribution in [2.75, 3.05) is 11.9 Å². The third kappa shape index (κ3) is 1.88. The van der Waals surface area contributed by atoms with Crippen molar-refractivity contribution in [3.8, 4) is 0 Å². The fourth-order valence-corrected chi connectivity index (χ4v) is 2.26. The molecule has 0 bridgehead atoms. The predicted octanol–water partition coefficient (Wildman–Crippen LogP) is 0.185. The molecule has 1 aliphatic carbocycles. The lowest BCUT2D eigenvalue weighted by Crippen LogP contribution is -2.51.